The van der Waals surface area contributed by atoms with Crippen molar-refractivity contribution in [3.05, 3.63) is 0 Å². The average Bonchev–Trinajstić information content (AvgIpc) is 3.05. The number of nitrogens with one attached hydrogen (secondary N) is 4. The molecule has 0 aromatic heterocycles. The van der Waals surface area contributed by atoms with Crippen molar-refractivity contribution in [1.82, 2.24) is 26.2 Å². The zero-order valence-corrected chi connectivity index (χ0v) is 30.6. The molecule has 0 aliphatic carbocycles. The third kappa shape index (κ3) is 14.5. The maximum atomic E-state index is 14.0. The number of esters is 1. The summed E-state index contributed by atoms with van der Waals surface area (Å²) in [5, 5.41) is 20.1. The molecule has 5 N–H and O–H groups in total. The lowest BCUT2D eigenvalue weighted by molar-refractivity contribution is -0.157. The molecule has 0 spiro atoms. The Kier molecular flexibility index (Phi) is 20.0. The van der Waals surface area contributed by atoms with E-state index in [1.165, 1.54) is 44.6 Å². The molecule has 0 bridgehead atoms. The van der Waals surface area contributed by atoms with Gasteiger partial charge < -0.3 is 36.0 Å². The van der Waals surface area contributed by atoms with Crippen LogP contribution in [0.15, 0.2) is 0 Å². The smallest absolute Gasteiger partial charge is 0.325 e. The van der Waals surface area contributed by atoms with Gasteiger partial charge in [0.2, 0.25) is 29.5 Å². The third-order valence-corrected chi connectivity index (χ3v) is 9.15. The van der Waals surface area contributed by atoms with Crippen molar-refractivity contribution >= 4 is 35.5 Å². The molecule has 7 atom stereocenters. The molecule has 0 saturated carbocycles. The van der Waals surface area contributed by atoms with E-state index < -0.39 is 78.9 Å². The fourth-order valence-corrected chi connectivity index (χ4v) is 5.72. The van der Waals surface area contributed by atoms with E-state index in [0.717, 1.165) is 25.7 Å². The van der Waals surface area contributed by atoms with Gasteiger partial charge in [0.15, 0.2) is 0 Å². The molecule has 1 aliphatic heterocycles. The van der Waals surface area contributed by atoms with Gasteiger partial charge in [-0.2, -0.15) is 0 Å². The number of carbonyl (C=O) groups excluding carboxylic acids is 6. The van der Waals surface area contributed by atoms with Crippen LogP contribution in [0.5, 0.6) is 0 Å². The molecule has 13 heteroatoms. The van der Waals surface area contributed by atoms with Crippen molar-refractivity contribution in [1.29, 1.82) is 0 Å². The summed E-state index contributed by atoms with van der Waals surface area (Å²) in [6.07, 6.45) is 9.03. The highest BCUT2D eigenvalue weighted by atomic mass is 16.5. The van der Waals surface area contributed by atoms with E-state index >= 15 is 0 Å². The van der Waals surface area contributed by atoms with E-state index in [0.29, 0.717) is 19.3 Å². The first kappa shape index (κ1) is 42.8. The summed E-state index contributed by atoms with van der Waals surface area (Å²) in [6, 6.07) is -4.52. The molecule has 0 aromatic rings. The summed E-state index contributed by atoms with van der Waals surface area (Å²) in [5.41, 5.74) is 0. The Labute approximate surface area is 287 Å². The maximum Gasteiger partial charge on any atom is 0.325 e. The number of hydrogen-bond acceptors (Lipinski definition) is 8. The topological polar surface area (TPSA) is 183 Å². The van der Waals surface area contributed by atoms with Gasteiger partial charge in [0.1, 0.15) is 36.8 Å². The van der Waals surface area contributed by atoms with E-state index in [1.807, 2.05) is 20.8 Å². The second kappa shape index (κ2) is 22.4. The predicted octanol–water partition coefficient (Wildman–Crippen LogP) is 2.58. The predicted molar refractivity (Wildman–Crippen MR) is 183 cm³/mol. The van der Waals surface area contributed by atoms with Crippen LogP contribution in [-0.2, 0) is 33.5 Å². The number of rotatable bonds is 14. The summed E-state index contributed by atoms with van der Waals surface area (Å²) >= 11 is 0. The number of unbranched alkanes of at least 4 members (excludes halogenated alkanes) is 7. The van der Waals surface area contributed by atoms with Gasteiger partial charge >= 0.3 is 5.97 Å². The van der Waals surface area contributed by atoms with E-state index in [4.69, 9.17) is 4.74 Å². The second-order valence-electron chi connectivity index (χ2n) is 13.7. The van der Waals surface area contributed by atoms with Crippen LogP contribution < -0.4 is 21.3 Å². The number of cyclic esters (lactones) is 1. The lowest BCUT2D eigenvalue weighted by atomic mass is 9.94. The minimum absolute atomic E-state index is 0.0165. The van der Waals surface area contributed by atoms with Gasteiger partial charge in [-0.15, -0.1) is 0 Å². The van der Waals surface area contributed by atoms with Gasteiger partial charge in [0.25, 0.3) is 0 Å². The first-order valence-corrected chi connectivity index (χ1v) is 17.9. The molecule has 1 saturated heterocycles. The van der Waals surface area contributed by atoms with E-state index in [-0.39, 0.29) is 17.7 Å². The largest absolute Gasteiger partial charge is 0.460 e. The standard InChI is InChI=1S/C35H63N5O8/c1-9-11-12-13-14-15-16-17-18-28-24(6)35(47)40(8)27(19-22(3)4)33(45)39-30(23(5)10-2)34(46)38-26(21-41)32(44)37-25(7)31(43)36-20-29(42)48-28/h22-28,30,41H,9-21H2,1-8H3,(H,36,43)(H,37,44)(H,38,46)(H,39,45)/t23?,24-,25+,26+,27+,28-,30+/m1/s1. The molecule has 1 unspecified atom stereocenters. The van der Waals surface area contributed by atoms with Crippen molar-refractivity contribution < 1.29 is 38.6 Å². The van der Waals surface area contributed by atoms with Crippen molar-refractivity contribution in [2.24, 2.45) is 17.8 Å². The number of carbonyl (C=O) groups is 6. The summed E-state index contributed by atoms with van der Waals surface area (Å²) in [4.78, 5) is 81.2. The Morgan fingerprint density at radius 3 is 1.98 bits per heavy atom. The molecular weight excluding hydrogens is 618 g/mol. The van der Waals surface area contributed by atoms with Crippen molar-refractivity contribution in [2.75, 3.05) is 20.2 Å². The summed E-state index contributed by atoms with van der Waals surface area (Å²) < 4.78 is 5.79. The molecular formula is C35H63N5O8. The lowest BCUT2D eigenvalue weighted by Crippen LogP contribution is -2.60. The molecule has 48 heavy (non-hydrogen) atoms. The molecule has 1 rings (SSSR count). The molecule has 1 heterocycles. The van der Waals surface area contributed by atoms with Crippen LogP contribution in [0.1, 0.15) is 119 Å². The molecule has 0 radical (unpaired) electrons. The van der Waals surface area contributed by atoms with Gasteiger partial charge in [-0.1, -0.05) is 92.9 Å². The average molecular weight is 682 g/mol. The number of ether oxygens (including phenoxy) is 1. The quantitative estimate of drug-likeness (QED) is 0.137. The first-order valence-electron chi connectivity index (χ1n) is 17.9. The first-order chi connectivity index (χ1) is 22.7. The normalized spacial score (nSPS) is 26.4. The molecule has 13 nitrogen and oxygen atoms in total. The van der Waals surface area contributed by atoms with E-state index in [1.54, 1.807) is 13.8 Å². The molecule has 1 aliphatic rings. The highest BCUT2D eigenvalue weighted by molar-refractivity contribution is 5.96. The number of nitrogens with zero attached hydrogens (tertiary/aromatic N) is 1. The van der Waals surface area contributed by atoms with E-state index in [2.05, 4.69) is 28.2 Å². The molecule has 276 valence electrons. The maximum absolute atomic E-state index is 14.0. The van der Waals surface area contributed by atoms with Crippen LogP contribution in [0.4, 0.5) is 0 Å². The van der Waals surface area contributed by atoms with Gasteiger partial charge in [0, 0.05) is 7.05 Å². The van der Waals surface area contributed by atoms with Crippen molar-refractivity contribution in [2.45, 2.75) is 149 Å². The highest BCUT2D eigenvalue weighted by Crippen LogP contribution is 2.22. The lowest BCUT2D eigenvalue weighted by Gasteiger charge is -2.34. The Morgan fingerprint density at radius 2 is 1.42 bits per heavy atom. The second-order valence-corrected chi connectivity index (χ2v) is 13.7. The monoisotopic (exact) mass is 681 g/mol. The van der Waals surface area contributed by atoms with Crippen LogP contribution in [0.2, 0.25) is 0 Å². The number of aliphatic hydroxyl groups is 1. The van der Waals surface area contributed by atoms with Gasteiger partial charge in [-0.3, -0.25) is 28.8 Å². The molecule has 0 aromatic carbocycles. The van der Waals surface area contributed by atoms with Crippen LogP contribution in [0.3, 0.4) is 0 Å². The molecule has 1 fully saturated rings. The highest BCUT2D eigenvalue weighted by Gasteiger charge is 2.38. The third-order valence-electron chi connectivity index (χ3n) is 9.15. The number of amides is 5. The van der Waals surface area contributed by atoms with Gasteiger partial charge in [-0.05, 0) is 38.0 Å². The molecule has 5 amide bonds. The van der Waals surface area contributed by atoms with Gasteiger partial charge in [-0.25, -0.2) is 0 Å². The van der Waals surface area contributed by atoms with Crippen molar-refractivity contribution in [3.63, 3.8) is 0 Å². The van der Waals surface area contributed by atoms with Crippen LogP contribution in [-0.4, -0.2) is 96.0 Å². The fourth-order valence-electron chi connectivity index (χ4n) is 5.72. The number of likely N-dealkylation sites (N-methyl/N-ethyl adjacent to an activating group) is 1. The summed E-state index contributed by atoms with van der Waals surface area (Å²) in [6.45, 7) is 11.5. The minimum atomic E-state index is -1.41. The Bertz CT molecular complexity index is 1050. The zero-order chi connectivity index (χ0) is 36.4. The van der Waals surface area contributed by atoms with Crippen molar-refractivity contribution in [3.8, 4) is 0 Å². The SMILES string of the molecule is CCCCCCCCCC[C@H]1OC(=O)CNC(=O)[C@H](C)NC(=O)[C@H](CO)NC(=O)[C@H](C(C)CC)NC(=O)[C@H](CC(C)C)N(C)C(=O)[C@@H]1C. The summed E-state index contributed by atoms with van der Waals surface area (Å²) in [5.74, 6) is -4.96. The Morgan fingerprint density at radius 1 is 0.812 bits per heavy atom. The van der Waals surface area contributed by atoms with E-state index in [9.17, 15) is 33.9 Å². The fraction of sp³-hybridized carbons (Fsp3) is 0.829. The number of aliphatic hydroxyl groups excluding tert-OH is 1. The Hall–Kier alpha value is -3.22. The summed E-state index contributed by atoms with van der Waals surface area (Å²) in [7, 11) is 1.54. The van der Waals surface area contributed by atoms with Crippen LogP contribution in [0, 0.1) is 17.8 Å². The minimum Gasteiger partial charge on any atom is -0.460 e. The Balaban J connectivity index is 3.41. The number of hydrogen-bond donors (Lipinski definition) is 5. The van der Waals surface area contributed by atoms with Crippen LogP contribution >= 0.6 is 0 Å². The van der Waals surface area contributed by atoms with Gasteiger partial charge in [0.05, 0.1) is 12.5 Å². The zero-order valence-electron chi connectivity index (χ0n) is 30.6. The van der Waals surface area contributed by atoms with Crippen LogP contribution in [0.25, 0.3) is 0 Å².